The van der Waals surface area contributed by atoms with E-state index >= 15 is 0 Å². The van der Waals surface area contributed by atoms with Crippen molar-refractivity contribution in [1.82, 2.24) is 14.9 Å². The number of alkyl halides is 3. The monoisotopic (exact) mass is 434 g/mol. The van der Waals surface area contributed by atoms with Crippen molar-refractivity contribution in [3.63, 3.8) is 0 Å². The minimum absolute atomic E-state index is 0.0963. The van der Waals surface area contributed by atoms with Crippen LogP contribution in [0, 0.1) is 0 Å². The van der Waals surface area contributed by atoms with Gasteiger partial charge in [-0.15, -0.1) is 5.10 Å². The highest BCUT2D eigenvalue weighted by Gasteiger charge is 2.33. The first-order valence-corrected chi connectivity index (χ1v) is 9.42. The van der Waals surface area contributed by atoms with Gasteiger partial charge in [0.05, 0.1) is 16.3 Å². The normalized spacial score (nSPS) is 12.0. The molecule has 2 amide bonds. The van der Waals surface area contributed by atoms with Crippen molar-refractivity contribution in [2.75, 3.05) is 11.4 Å². The van der Waals surface area contributed by atoms with Crippen molar-refractivity contribution in [1.29, 1.82) is 0 Å². The Morgan fingerprint density at radius 2 is 1.96 bits per heavy atom. The third-order valence-electron chi connectivity index (χ3n) is 4.05. The zero-order chi connectivity index (χ0) is 21.1. The molecule has 0 aliphatic heterocycles. The average molecular weight is 435 g/mol. The number of halogens is 4. The molecule has 0 unspecified atom stereocenters. The summed E-state index contributed by atoms with van der Waals surface area (Å²) in [6.45, 7) is 4.92. The number of benzene rings is 1. The van der Waals surface area contributed by atoms with Crippen LogP contribution in [0.15, 0.2) is 23.6 Å². The van der Waals surface area contributed by atoms with Crippen molar-refractivity contribution in [3.8, 4) is 0 Å². The van der Waals surface area contributed by atoms with Crippen molar-refractivity contribution in [3.05, 3.63) is 39.9 Å². The van der Waals surface area contributed by atoms with Gasteiger partial charge in [0.25, 0.3) is 5.91 Å². The van der Waals surface area contributed by atoms with Gasteiger partial charge in [-0.1, -0.05) is 23.0 Å². The molecule has 0 atom stereocenters. The number of aromatic nitrogens is 2. The zero-order valence-corrected chi connectivity index (χ0v) is 16.9. The number of nitrogens with zero attached hydrogens (tertiary/aromatic N) is 3. The molecule has 1 aromatic carbocycles. The maximum atomic E-state index is 13.1. The molecule has 1 N–H and O–H groups in total. The van der Waals surface area contributed by atoms with Gasteiger partial charge < -0.3 is 5.32 Å². The fourth-order valence-electron chi connectivity index (χ4n) is 2.21. The minimum atomic E-state index is -4.64. The summed E-state index contributed by atoms with van der Waals surface area (Å²) in [5.41, 5.74) is -1.87. The summed E-state index contributed by atoms with van der Waals surface area (Å²) in [5, 5.41) is 7.61. The second-order valence-corrected chi connectivity index (χ2v) is 7.65. The molecular weight excluding hydrogens is 417 g/mol. The summed E-state index contributed by atoms with van der Waals surface area (Å²) in [6, 6.07) is 2.57. The van der Waals surface area contributed by atoms with Gasteiger partial charge in [0.2, 0.25) is 5.91 Å². The summed E-state index contributed by atoms with van der Waals surface area (Å²) in [4.78, 5) is 26.1. The summed E-state index contributed by atoms with van der Waals surface area (Å²) in [5.74, 6) is -1.32. The van der Waals surface area contributed by atoms with Gasteiger partial charge in [-0.3, -0.25) is 14.5 Å². The van der Waals surface area contributed by atoms with Crippen molar-refractivity contribution >= 4 is 40.6 Å². The van der Waals surface area contributed by atoms with E-state index < -0.39 is 35.6 Å². The highest BCUT2D eigenvalue weighted by Crippen LogP contribution is 2.35. The lowest BCUT2D eigenvalue weighted by Gasteiger charge is -2.28. The molecule has 0 fully saturated rings. The first-order chi connectivity index (χ1) is 12.9. The maximum Gasteiger partial charge on any atom is 0.416 e. The first kappa shape index (κ1) is 22.1. The Balaban J connectivity index is 2.45. The lowest BCUT2D eigenvalue weighted by Crippen LogP contribution is -2.48. The smallest absolute Gasteiger partial charge is 0.350 e. The molecule has 6 nitrogen and oxygen atoms in total. The van der Waals surface area contributed by atoms with Crippen molar-refractivity contribution in [2.45, 2.75) is 38.9 Å². The van der Waals surface area contributed by atoms with Gasteiger partial charge in [-0.05, 0) is 50.0 Å². The van der Waals surface area contributed by atoms with E-state index in [0.29, 0.717) is 6.42 Å². The van der Waals surface area contributed by atoms with E-state index in [0.717, 1.165) is 34.6 Å². The number of carbonyl (C=O) groups excluding carboxylic acids is 2. The Hall–Kier alpha value is -2.20. The number of hydrogen-bond donors (Lipinski definition) is 1. The molecule has 28 heavy (non-hydrogen) atoms. The molecule has 1 heterocycles. The van der Waals surface area contributed by atoms with Crippen LogP contribution in [0.25, 0.3) is 0 Å². The van der Waals surface area contributed by atoms with Gasteiger partial charge in [-0.2, -0.15) is 13.2 Å². The van der Waals surface area contributed by atoms with Crippen LogP contribution in [-0.2, 0) is 11.0 Å². The fourth-order valence-corrected chi connectivity index (χ4v) is 2.86. The van der Waals surface area contributed by atoms with Crippen LogP contribution >= 0.6 is 23.1 Å². The third-order valence-corrected chi connectivity index (χ3v) is 4.88. The number of rotatable bonds is 6. The van der Waals surface area contributed by atoms with Gasteiger partial charge in [0.15, 0.2) is 5.69 Å². The Bertz CT molecular complexity index is 857. The third kappa shape index (κ3) is 5.41. The molecule has 0 radical (unpaired) electrons. The number of carbonyl (C=O) groups is 2. The number of hydrogen-bond acceptors (Lipinski definition) is 5. The van der Waals surface area contributed by atoms with Gasteiger partial charge in [0.1, 0.15) is 6.54 Å². The standard InChI is InChI=1S/C17H18ClF3N4O2S/c1-4-16(2,3)22-14(26)8-25(15(27)12-9-28-24-23-12)13-7-10(17(19,20)21)5-6-11(13)18/h5-7,9H,4,8H2,1-3H3,(H,22,26). The summed E-state index contributed by atoms with van der Waals surface area (Å²) in [7, 11) is 0. The van der Waals surface area contributed by atoms with Gasteiger partial charge in [-0.25, -0.2) is 0 Å². The Morgan fingerprint density at radius 1 is 1.29 bits per heavy atom. The SMILES string of the molecule is CCC(C)(C)NC(=O)CN(C(=O)c1csnn1)c1cc(C(F)(F)F)ccc1Cl. The topological polar surface area (TPSA) is 75.2 Å². The zero-order valence-electron chi connectivity index (χ0n) is 15.3. The highest BCUT2D eigenvalue weighted by atomic mass is 35.5. The second-order valence-electron chi connectivity index (χ2n) is 6.63. The molecule has 0 spiro atoms. The molecule has 0 bridgehead atoms. The summed E-state index contributed by atoms with van der Waals surface area (Å²) < 4.78 is 42.9. The van der Waals surface area contributed by atoms with E-state index in [4.69, 9.17) is 11.6 Å². The molecule has 1 aromatic heterocycles. The molecular formula is C17H18ClF3N4O2S. The van der Waals surface area contributed by atoms with Crippen LogP contribution < -0.4 is 10.2 Å². The van der Waals surface area contributed by atoms with Gasteiger partial charge >= 0.3 is 6.18 Å². The van der Waals surface area contributed by atoms with Crippen molar-refractivity contribution < 1.29 is 22.8 Å². The largest absolute Gasteiger partial charge is 0.416 e. The van der Waals surface area contributed by atoms with E-state index in [-0.39, 0.29) is 16.4 Å². The number of nitrogens with one attached hydrogen (secondary N) is 1. The maximum absolute atomic E-state index is 13.1. The van der Waals surface area contributed by atoms with E-state index in [1.54, 1.807) is 13.8 Å². The predicted molar refractivity (Wildman–Crippen MR) is 101 cm³/mol. The Labute approximate surface area is 168 Å². The molecule has 0 aliphatic carbocycles. The van der Waals surface area contributed by atoms with Crippen molar-refractivity contribution in [2.24, 2.45) is 0 Å². The van der Waals surface area contributed by atoms with E-state index in [9.17, 15) is 22.8 Å². The van der Waals surface area contributed by atoms with Crippen LogP contribution in [0.3, 0.4) is 0 Å². The summed E-state index contributed by atoms with van der Waals surface area (Å²) in [6.07, 6.45) is -4.02. The van der Waals surface area contributed by atoms with E-state index in [2.05, 4.69) is 14.9 Å². The Kier molecular flexibility index (Phi) is 6.66. The fraction of sp³-hybridized carbons (Fsp3) is 0.412. The van der Waals surface area contributed by atoms with E-state index in [1.165, 1.54) is 5.38 Å². The highest BCUT2D eigenvalue weighted by molar-refractivity contribution is 7.03. The molecule has 0 saturated carbocycles. The molecule has 11 heteroatoms. The molecule has 152 valence electrons. The number of anilines is 1. The quantitative estimate of drug-likeness (QED) is 0.740. The molecule has 2 rings (SSSR count). The Morgan fingerprint density at radius 3 is 2.50 bits per heavy atom. The molecule has 2 aromatic rings. The lowest BCUT2D eigenvalue weighted by atomic mass is 10.0. The van der Waals surface area contributed by atoms with Gasteiger partial charge in [0, 0.05) is 10.9 Å². The molecule has 0 saturated heterocycles. The van der Waals surface area contributed by atoms with Crippen LogP contribution in [0.4, 0.5) is 18.9 Å². The van der Waals surface area contributed by atoms with Crippen LogP contribution in [0.5, 0.6) is 0 Å². The predicted octanol–water partition coefficient (Wildman–Crippen LogP) is 4.16. The second kappa shape index (κ2) is 8.44. The summed E-state index contributed by atoms with van der Waals surface area (Å²) >= 11 is 6.97. The molecule has 0 aliphatic rings. The van der Waals surface area contributed by atoms with Crippen LogP contribution in [0.1, 0.15) is 43.2 Å². The van der Waals surface area contributed by atoms with E-state index in [1.807, 2.05) is 6.92 Å². The minimum Gasteiger partial charge on any atom is -0.350 e. The number of amides is 2. The average Bonchev–Trinajstić information content (AvgIpc) is 3.13. The first-order valence-electron chi connectivity index (χ1n) is 8.21. The van der Waals surface area contributed by atoms with Crippen LogP contribution in [-0.4, -0.2) is 33.5 Å². The van der Waals surface area contributed by atoms with Crippen LogP contribution in [0.2, 0.25) is 5.02 Å². The lowest BCUT2D eigenvalue weighted by molar-refractivity contribution is -0.137.